The first-order valence-corrected chi connectivity index (χ1v) is 13.4. The van der Waals surface area contributed by atoms with Crippen molar-refractivity contribution >= 4 is 11.9 Å². The van der Waals surface area contributed by atoms with Crippen molar-refractivity contribution in [2.45, 2.75) is 90.3 Å². The number of hydrogen-bond donors (Lipinski definition) is 1. The summed E-state index contributed by atoms with van der Waals surface area (Å²) in [6.07, 6.45) is 9.47. The molecule has 0 aromatic heterocycles. The monoisotopic (exact) mass is 486 g/mol. The first-order chi connectivity index (χ1) is 17.0. The van der Waals surface area contributed by atoms with E-state index in [0.29, 0.717) is 18.0 Å². The predicted octanol–water partition coefficient (Wildman–Crippen LogP) is 5.08. The minimum Gasteiger partial charge on any atom is -0.481 e. The van der Waals surface area contributed by atoms with Crippen molar-refractivity contribution < 1.29 is 24.2 Å². The summed E-state index contributed by atoms with van der Waals surface area (Å²) in [5.41, 5.74) is 0.951. The van der Waals surface area contributed by atoms with Gasteiger partial charge >= 0.3 is 5.97 Å². The molecule has 2 heterocycles. The molecule has 0 amide bonds. The van der Waals surface area contributed by atoms with Gasteiger partial charge in [-0.05, 0) is 50.0 Å². The van der Waals surface area contributed by atoms with E-state index in [2.05, 4.69) is 36.5 Å². The number of unbranched alkanes of at least 4 members (excludes halogenated alkanes) is 4. The lowest BCUT2D eigenvalue weighted by Gasteiger charge is -2.39. The third-order valence-corrected chi connectivity index (χ3v) is 7.42. The number of carboxylic acid groups (broad SMARTS) is 1. The quantitative estimate of drug-likeness (QED) is 0.274. The van der Waals surface area contributed by atoms with Gasteiger partial charge in [0.2, 0.25) is 6.79 Å². The van der Waals surface area contributed by atoms with Crippen LogP contribution in [0.3, 0.4) is 0 Å². The van der Waals surface area contributed by atoms with Crippen LogP contribution in [-0.4, -0.2) is 65.5 Å². The van der Waals surface area contributed by atoms with Gasteiger partial charge < -0.3 is 14.6 Å². The molecule has 4 unspecified atom stereocenters. The number of ether oxygens (including phenoxy) is 2. The summed E-state index contributed by atoms with van der Waals surface area (Å²) < 4.78 is 11.1. The Morgan fingerprint density at radius 3 is 2.43 bits per heavy atom. The molecule has 7 nitrogen and oxygen atoms in total. The van der Waals surface area contributed by atoms with Gasteiger partial charge in [0.25, 0.3) is 0 Å². The van der Waals surface area contributed by atoms with Crippen LogP contribution < -0.4 is 9.47 Å². The van der Waals surface area contributed by atoms with E-state index < -0.39 is 11.9 Å². The minimum absolute atomic E-state index is 0.158. The van der Waals surface area contributed by atoms with E-state index >= 15 is 0 Å². The van der Waals surface area contributed by atoms with Gasteiger partial charge in [-0.15, -0.1) is 0 Å². The first-order valence-electron chi connectivity index (χ1n) is 13.4. The predicted molar refractivity (Wildman–Crippen MR) is 137 cm³/mol. The van der Waals surface area contributed by atoms with Crippen molar-refractivity contribution in [1.82, 2.24) is 9.80 Å². The van der Waals surface area contributed by atoms with E-state index in [1.165, 1.54) is 0 Å². The lowest BCUT2D eigenvalue weighted by atomic mass is 9.83. The Morgan fingerprint density at radius 2 is 1.80 bits per heavy atom. The summed E-state index contributed by atoms with van der Waals surface area (Å²) >= 11 is 0. The molecule has 0 radical (unpaired) electrons. The molecule has 1 aromatic rings. The summed E-state index contributed by atoms with van der Waals surface area (Å²) in [6.45, 7) is 9.02. The molecule has 2 aliphatic heterocycles. The zero-order valence-electron chi connectivity index (χ0n) is 21.6. The Bertz CT molecular complexity index is 861. The van der Waals surface area contributed by atoms with Crippen molar-refractivity contribution in [3.05, 3.63) is 29.8 Å². The molecular weight excluding hydrogens is 444 g/mol. The second-order valence-corrected chi connectivity index (χ2v) is 9.78. The highest BCUT2D eigenvalue weighted by Gasteiger charge is 2.49. The number of carbonyl (C=O) groups excluding carboxylic acids is 1. The number of carboxylic acids is 1. The molecule has 7 heteroatoms. The lowest BCUT2D eigenvalue weighted by molar-refractivity contribution is -0.143. The number of carbonyl (C=O) groups is 1. The number of likely N-dealkylation sites (tertiary alicyclic amines) is 1. The Morgan fingerprint density at radius 1 is 1.11 bits per heavy atom. The Kier molecular flexibility index (Phi) is 10.6. The van der Waals surface area contributed by atoms with E-state index in [4.69, 9.17) is 9.47 Å². The van der Waals surface area contributed by atoms with Crippen molar-refractivity contribution in [2.75, 3.05) is 26.4 Å². The molecule has 0 spiro atoms. The Hall–Kier alpha value is -2.34. The Balaban J connectivity index is 1.99. The third kappa shape index (κ3) is 6.66. The normalized spacial score (nSPS) is 22.3. The van der Waals surface area contributed by atoms with Crippen molar-refractivity contribution in [1.29, 1.82) is 0 Å². The molecule has 1 fully saturated rings. The fourth-order valence-electron chi connectivity index (χ4n) is 5.57. The van der Waals surface area contributed by atoms with Crippen LogP contribution in [-0.2, 0) is 9.59 Å². The summed E-state index contributed by atoms with van der Waals surface area (Å²) in [4.78, 5) is 29.1. The molecule has 194 valence electrons. The van der Waals surface area contributed by atoms with Gasteiger partial charge in [0.1, 0.15) is 5.94 Å². The van der Waals surface area contributed by atoms with Crippen LogP contribution in [0.15, 0.2) is 24.3 Å². The molecule has 0 saturated carbocycles. The van der Waals surface area contributed by atoms with Crippen LogP contribution in [0, 0.1) is 5.92 Å². The second-order valence-electron chi connectivity index (χ2n) is 9.78. The van der Waals surface area contributed by atoms with Gasteiger partial charge in [0.15, 0.2) is 11.5 Å². The van der Waals surface area contributed by atoms with Gasteiger partial charge in [-0.1, -0.05) is 58.9 Å². The number of aliphatic carboxylic acids is 1. The molecule has 4 atom stereocenters. The number of fused-ring (bicyclic) bond motifs is 1. The van der Waals surface area contributed by atoms with E-state index in [1.54, 1.807) is 6.08 Å². The topological polar surface area (TPSA) is 79.3 Å². The zero-order valence-corrected chi connectivity index (χ0v) is 21.6. The van der Waals surface area contributed by atoms with Crippen LogP contribution in [0.4, 0.5) is 0 Å². The van der Waals surface area contributed by atoms with E-state index in [1.807, 2.05) is 18.2 Å². The average Bonchev–Trinajstić information content (AvgIpc) is 3.47. The van der Waals surface area contributed by atoms with Gasteiger partial charge in [-0.3, -0.25) is 14.6 Å². The highest BCUT2D eigenvalue weighted by atomic mass is 16.7. The highest BCUT2D eigenvalue weighted by Crippen LogP contribution is 2.44. The molecule has 35 heavy (non-hydrogen) atoms. The van der Waals surface area contributed by atoms with Gasteiger partial charge in [0, 0.05) is 24.6 Å². The van der Waals surface area contributed by atoms with Crippen LogP contribution in [0.25, 0.3) is 0 Å². The summed E-state index contributed by atoms with van der Waals surface area (Å²) in [5, 5.41) is 10.4. The molecule has 0 bridgehead atoms. The van der Waals surface area contributed by atoms with Crippen molar-refractivity contribution in [3.63, 3.8) is 0 Å². The maximum atomic E-state index is 12.7. The smallest absolute Gasteiger partial charge is 0.308 e. The van der Waals surface area contributed by atoms with Crippen LogP contribution in [0.1, 0.15) is 83.6 Å². The molecule has 2 aliphatic rings. The molecule has 1 N–H and O–H groups in total. The Labute approximate surface area is 210 Å². The molecule has 1 aromatic carbocycles. The summed E-state index contributed by atoms with van der Waals surface area (Å²) in [7, 11) is 0. The largest absolute Gasteiger partial charge is 0.481 e. The minimum atomic E-state index is -0.779. The van der Waals surface area contributed by atoms with Crippen molar-refractivity contribution in [3.8, 4) is 11.5 Å². The first kappa shape index (κ1) is 27.3. The fraction of sp³-hybridized carbons (Fsp3) is 0.679. The van der Waals surface area contributed by atoms with Crippen molar-refractivity contribution in [2.24, 2.45) is 5.92 Å². The number of nitrogens with zero attached hydrogens (tertiary/aromatic N) is 2. The molecule has 3 rings (SSSR count). The highest BCUT2D eigenvalue weighted by molar-refractivity contribution is 5.73. The van der Waals surface area contributed by atoms with Crippen LogP contribution >= 0.6 is 0 Å². The summed E-state index contributed by atoms with van der Waals surface area (Å²) in [6, 6.07) is 5.63. The lowest BCUT2D eigenvalue weighted by Crippen LogP contribution is -2.51. The van der Waals surface area contributed by atoms with E-state index in [9.17, 15) is 14.7 Å². The van der Waals surface area contributed by atoms with Gasteiger partial charge in [-0.25, -0.2) is 4.79 Å². The number of benzene rings is 1. The maximum absolute atomic E-state index is 12.7. The second kappa shape index (κ2) is 13.7. The number of rotatable bonds is 15. The van der Waals surface area contributed by atoms with Crippen LogP contribution in [0.5, 0.6) is 11.5 Å². The SMILES string of the molecule is CCCCCC1C(C(=O)O)C(c2ccc3c(c2)OCO3)CN1C(C=C=O)N(CCCC)CCCC. The fourth-order valence-corrected chi connectivity index (χ4v) is 5.57. The van der Waals surface area contributed by atoms with E-state index in [-0.39, 0.29) is 24.9 Å². The summed E-state index contributed by atoms with van der Waals surface area (Å²) in [5.74, 6) is 1.88. The maximum Gasteiger partial charge on any atom is 0.308 e. The van der Waals surface area contributed by atoms with Crippen LogP contribution in [0.2, 0.25) is 0 Å². The molecule has 1 saturated heterocycles. The van der Waals surface area contributed by atoms with Gasteiger partial charge in [0.05, 0.1) is 12.1 Å². The molecular formula is C28H42N2O5. The average molecular weight is 487 g/mol. The third-order valence-electron chi connectivity index (χ3n) is 7.42. The zero-order chi connectivity index (χ0) is 25.2. The van der Waals surface area contributed by atoms with Gasteiger partial charge in [-0.2, -0.15) is 0 Å². The number of hydrogen-bond acceptors (Lipinski definition) is 6. The molecule has 0 aliphatic carbocycles. The van der Waals surface area contributed by atoms with E-state index in [0.717, 1.165) is 70.0 Å². The standard InChI is InChI=1S/C28H42N2O5/c1-4-7-10-11-23-27(28(32)33)22(21-12-13-24-25(18-21)35-20-34-24)19-30(23)26(14-17-31)29(15-8-5-2)16-9-6-3/h12-14,18,22-23,26-27H,4-11,15-16,19-20H2,1-3H3,(H,32,33).